The number of fused-ring (bicyclic) bond motifs is 2. The first kappa shape index (κ1) is 20.0. The average molecular weight is 419 g/mol. The quantitative estimate of drug-likeness (QED) is 0.306. The summed E-state index contributed by atoms with van der Waals surface area (Å²) >= 11 is 0. The van der Waals surface area contributed by atoms with Crippen LogP contribution >= 0.6 is 0 Å². The molecule has 0 N–H and O–H groups in total. The molecule has 4 aromatic carbocycles. The Morgan fingerprint density at radius 2 is 1.48 bits per heavy atom. The van der Waals surface area contributed by atoms with Crippen LogP contribution in [0.15, 0.2) is 103 Å². The van der Waals surface area contributed by atoms with Gasteiger partial charge in [-0.3, -0.25) is 0 Å². The molecule has 2 atom stereocenters. The third-order valence-corrected chi connectivity index (χ3v) is 11.8. The number of hydrogen-bond donors (Lipinski definition) is 0. The maximum atomic E-state index is 2.58. The first-order valence-electron chi connectivity index (χ1n) is 11.5. The summed E-state index contributed by atoms with van der Waals surface area (Å²) in [7, 11) is -1.89. The number of hydrogen-bond acceptors (Lipinski definition) is 0. The van der Waals surface area contributed by atoms with Crippen LogP contribution in [-0.4, -0.2) is 8.07 Å². The summed E-state index contributed by atoms with van der Waals surface area (Å²) in [6.07, 6.45) is 4.80. The van der Waals surface area contributed by atoms with Crippen LogP contribution in [-0.2, 0) is 6.42 Å². The molecular weight excluding hydrogens is 388 g/mol. The van der Waals surface area contributed by atoms with Gasteiger partial charge in [-0.05, 0) is 51.9 Å². The van der Waals surface area contributed by atoms with E-state index < -0.39 is 8.07 Å². The zero-order chi connectivity index (χ0) is 21.3. The van der Waals surface area contributed by atoms with Crippen LogP contribution in [0.25, 0.3) is 16.8 Å². The zero-order valence-corrected chi connectivity index (χ0v) is 19.5. The first-order valence-corrected chi connectivity index (χ1v) is 14.2. The van der Waals surface area contributed by atoms with Crippen LogP contribution in [0.4, 0.5) is 0 Å². The highest BCUT2D eigenvalue weighted by atomic mass is 28.3. The molecule has 0 nitrogen and oxygen atoms in total. The van der Waals surface area contributed by atoms with Crippen LogP contribution in [0.1, 0.15) is 24.5 Å². The topological polar surface area (TPSA) is 0 Å². The molecule has 0 saturated heterocycles. The summed E-state index contributed by atoms with van der Waals surface area (Å²) in [5.74, 6) is 0.609. The molecular formula is C30H30Si. The molecule has 154 valence electrons. The van der Waals surface area contributed by atoms with E-state index in [1.54, 1.807) is 15.9 Å². The van der Waals surface area contributed by atoms with E-state index in [1.165, 1.54) is 34.4 Å². The van der Waals surface area contributed by atoms with Crippen molar-refractivity contribution < 1.29 is 0 Å². The van der Waals surface area contributed by atoms with Crippen molar-refractivity contribution in [3.05, 3.63) is 114 Å². The monoisotopic (exact) mass is 418 g/mol. The van der Waals surface area contributed by atoms with Crippen LogP contribution in [0.5, 0.6) is 0 Å². The minimum Gasteiger partial charge on any atom is -0.0626 e. The van der Waals surface area contributed by atoms with Gasteiger partial charge in [-0.2, -0.15) is 0 Å². The Morgan fingerprint density at radius 1 is 0.774 bits per heavy atom. The molecule has 1 unspecified atom stereocenters. The fraction of sp³-hybridized carbons (Fsp3) is 0.200. The summed E-state index contributed by atoms with van der Waals surface area (Å²) in [6, 6.07) is 37.2. The predicted molar refractivity (Wildman–Crippen MR) is 138 cm³/mol. The Hall–Kier alpha value is -2.90. The predicted octanol–water partition coefficient (Wildman–Crippen LogP) is 6.70. The standard InChI is InChI=1S/C30H30Si/c1-23(27-21-25-12-6-7-13-26(25)22-27)19-20-31(2,28-15-4-3-5-16-28)30-18-10-14-24-11-8-9-17-29(24)30/h3-18,21,23H,19-20,22H2,1-2H3/t23-,31?/m0/s1. The lowest BCUT2D eigenvalue weighted by atomic mass is 9.97. The van der Waals surface area contributed by atoms with Gasteiger partial charge in [0.05, 0.1) is 0 Å². The van der Waals surface area contributed by atoms with Gasteiger partial charge in [0.25, 0.3) is 0 Å². The van der Waals surface area contributed by atoms with Crippen molar-refractivity contribution in [2.24, 2.45) is 5.92 Å². The largest absolute Gasteiger partial charge is 0.116 e. The summed E-state index contributed by atoms with van der Waals surface area (Å²) in [5, 5.41) is 5.91. The molecule has 5 rings (SSSR count). The van der Waals surface area contributed by atoms with Crippen molar-refractivity contribution in [2.45, 2.75) is 32.4 Å². The van der Waals surface area contributed by atoms with E-state index in [1.807, 2.05) is 0 Å². The van der Waals surface area contributed by atoms with Crippen molar-refractivity contribution >= 4 is 35.3 Å². The number of rotatable bonds is 6. The van der Waals surface area contributed by atoms with Crippen molar-refractivity contribution in [1.29, 1.82) is 0 Å². The molecule has 0 fully saturated rings. The summed E-state index contributed by atoms with van der Waals surface area (Å²) in [4.78, 5) is 0. The van der Waals surface area contributed by atoms with Crippen molar-refractivity contribution in [2.75, 3.05) is 0 Å². The van der Waals surface area contributed by atoms with Crippen LogP contribution in [0.2, 0.25) is 12.6 Å². The van der Waals surface area contributed by atoms with Gasteiger partial charge in [-0.15, -0.1) is 0 Å². The third-order valence-electron chi connectivity index (χ3n) is 7.30. The molecule has 0 saturated carbocycles. The molecule has 31 heavy (non-hydrogen) atoms. The highest BCUT2D eigenvalue weighted by Crippen LogP contribution is 2.33. The lowest BCUT2D eigenvalue weighted by molar-refractivity contribution is 0.643. The Balaban J connectivity index is 1.48. The molecule has 0 spiro atoms. The number of allylic oxidation sites excluding steroid dienone is 1. The van der Waals surface area contributed by atoms with Crippen molar-refractivity contribution in [3.63, 3.8) is 0 Å². The highest BCUT2D eigenvalue weighted by molar-refractivity contribution is 7.02. The van der Waals surface area contributed by atoms with Crippen molar-refractivity contribution in [1.82, 2.24) is 0 Å². The zero-order valence-electron chi connectivity index (χ0n) is 18.5. The second kappa shape index (κ2) is 8.32. The maximum absolute atomic E-state index is 2.58. The molecule has 0 bridgehead atoms. The van der Waals surface area contributed by atoms with E-state index in [0.29, 0.717) is 5.92 Å². The van der Waals surface area contributed by atoms with E-state index in [2.05, 4.69) is 117 Å². The van der Waals surface area contributed by atoms with Crippen LogP contribution < -0.4 is 10.4 Å². The normalized spacial score (nSPS) is 15.9. The average Bonchev–Trinajstić information content (AvgIpc) is 3.27. The molecule has 1 aliphatic rings. The minimum atomic E-state index is -1.89. The van der Waals surface area contributed by atoms with Crippen LogP contribution in [0.3, 0.4) is 0 Å². The van der Waals surface area contributed by atoms with Gasteiger partial charge in [-0.25, -0.2) is 0 Å². The lowest BCUT2D eigenvalue weighted by Gasteiger charge is -2.31. The fourth-order valence-corrected chi connectivity index (χ4v) is 9.35. The fourth-order valence-electron chi connectivity index (χ4n) is 5.26. The van der Waals surface area contributed by atoms with Gasteiger partial charge in [0, 0.05) is 0 Å². The van der Waals surface area contributed by atoms with Crippen LogP contribution in [0, 0.1) is 5.92 Å². The van der Waals surface area contributed by atoms with Gasteiger partial charge in [-0.1, -0.05) is 127 Å². The second-order valence-electron chi connectivity index (χ2n) is 9.26. The molecule has 4 aromatic rings. The summed E-state index contributed by atoms with van der Waals surface area (Å²) in [5.41, 5.74) is 4.51. The molecule has 0 aliphatic heterocycles. The molecule has 0 radical (unpaired) electrons. The molecule has 1 aliphatic carbocycles. The van der Waals surface area contributed by atoms with E-state index in [9.17, 15) is 0 Å². The van der Waals surface area contributed by atoms with Crippen molar-refractivity contribution in [3.8, 4) is 0 Å². The second-order valence-corrected chi connectivity index (χ2v) is 13.5. The highest BCUT2D eigenvalue weighted by Gasteiger charge is 2.33. The maximum Gasteiger partial charge on any atom is 0.116 e. The third kappa shape index (κ3) is 3.79. The van der Waals surface area contributed by atoms with Gasteiger partial charge in [0.2, 0.25) is 0 Å². The van der Waals surface area contributed by atoms with E-state index >= 15 is 0 Å². The van der Waals surface area contributed by atoms with Gasteiger partial charge >= 0.3 is 0 Å². The number of benzene rings is 4. The molecule has 1 heteroatoms. The van der Waals surface area contributed by atoms with E-state index in [0.717, 1.165) is 6.42 Å². The molecule has 0 amide bonds. The minimum absolute atomic E-state index is 0.609. The summed E-state index contributed by atoms with van der Waals surface area (Å²) in [6.45, 7) is 5.01. The van der Waals surface area contributed by atoms with E-state index in [-0.39, 0.29) is 0 Å². The SMILES string of the molecule is C[C@@H](CC[Si](C)(c1ccccc1)c1cccc2ccccc12)C1=Cc2ccccc2C1. The van der Waals surface area contributed by atoms with E-state index in [4.69, 9.17) is 0 Å². The Bertz CT molecular complexity index is 1230. The summed E-state index contributed by atoms with van der Waals surface area (Å²) < 4.78 is 0. The Kier molecular flexibility index (Phi) is 5.37. The smallest absolute Gasteiger partial charge is 0.0626 e. The Labute approximate surface area is 187 Å². The van der Waals surface area contributed by atoms with Gasteiger partial charge < -0.3 is 0 Å². The molecule has 0 aromatic heterocycles. The first-order chi connectivity index (χ1) is 15.1. The molecule has 0 heterocycles. The van der Waals surface area contributed by atoms with Gasteiger partial charge in [0.1, 0.15) is 8.07 Å². The van der Waals surface area contributed by atoms with Gasteiger partial charge in [0.15, 0.2) is 0 Å². The Morgan fingerprint density at radius 3 is 2.32 bits per heavy atom. The lowest BCUT2D eigenvalue weighted by Crippen LogP contribution is -2.55.